The minimum atomic E-state index is -0.529. The van der Waals surface area contributed by atoms with Gasteiger partial charge in [0.2, 0.25) is 11.8 Å². The molecule has 2 aliphatic heterocycles. The number of carbonyl (C=O) groups is 2. The number of nitroso groups, excluding NO2 is 1. The normalized spacial score (nSPS) is 19.9. The Morgan fingerprint density at radius 3 is 3.00 bits per heavy atom. The van der Waals surface area contributed by atoms with E-state index in [1.165, 1.54) is 11.8 Å². The van der Waals surface area contributed by atoms with E-state index in [0.29, 0.717) is 49.7 Å². The number of methoxy groups -OCH3 is 1. The lowest BCUT2D eigenvalue weighted by molar-refractivity contribution is -0.476. The molecule has 0 aliphatic carbocycles. The van der Waals surface area contributed by atoms with Gasteiger partial charge in [-0.3, -0.25) is 9.59 Å². The molecular weight excluding hydrogens is 390 g/mol. The monoisotopic (exact) mass is 412 g/mol. The van der Waals surface area contributed by atoms with Gasteiger partial charge in [-0.1, -0.05) is 0 Å². The average Bonchev–Trinajstić information content (AvgIpc) is 3.22. The van der Waals surface area contributed by atoms with Crippen LogP contribution in [0.25, 0.3) is 0 Å². The van der Waals surface area contributed by atoms with Crippen molar-refractivity contribution >= 4 is 40.9 Å². The van der Waals surface area contributed by atoms with E-state index in [1.54, 1.807) is 24.1 Å². The van der Waals surface area contributed by atoms with Gasteiger partial charge in [0.05, 0.1) is 16.8 Å². The van der Waals surface area contributed by atoms with Crippen LogP contribution in [0, 0.1) is 4.91 Å². The Balaban J connectivity index is 1.54. The predicted molar refractivity (Wildman–Crippen MR) is 104 cm³/mol. The van der Waals surface area contributed by atoms with Gasteiger partial charge in [0, 0.05) is 48.9 Å². The van der Waals surface area contributed by atoms with Gasteiger partial charge < -0.3 is 15.0 Å². The second-order valence-electron chi connectivity index (χ2n) is 6.50. The van der Waals surface area contributed by atoms with E-state index in [-0.39, 0.29) is 17.2 Å². The van der Waals surface area contributed by atoms with Crippen molar-refractivity contribution in [2.45, 2.75) is 42.0 Å². The van der Waals surface area contributed by atoms with E-state index in [4.69, 9.17) is 16.3 Å². The van der Waals surface area contributed by atoms with Crippen LogP contribution in [0.2, 0.25) is 0 Å². The number of fused-ring (bicyclic) bond motifs is 1. The third-order valence-electron chi connectivity index (χ3n) is 4.79. The van der Waals surface area contributed by atoms with Gasteiger partial charge in [0.1, 0.15) is 11.8 Å². The van der Waals surface area contributed by atoms with Crippen molar-refractivity contribution in [3.63, 3.8) is 0 Å². The van der Waals surface area contributed by atoms with Crippen molar-refractivity contribution in [3.8, 4) is 5.75 Å². The molecule has 0 aromatic heterocycles. The molecule has 1 aromatic rings. The van der Waals surface area contributed by atoms with Crippen molar-refractivity contribution < 1.29 is 19.1 Å². The first-order valence-electron chi connectivity index (χ1n) is 8.99. The zero-order valence-corrected chi connectivity index (χ0v) is 16.7. The number of carbonyl (C=O) groups excluding carboxylic acids is 2. The fourth-order valence-corrected chi connectivity index (χ4v) is 4.80. The second-order valence-corrected chi connectivity index (χ2v) is 8.09. The number of nitrogens with one attached hydrogen (secondary N) is 1. The maximum atomic E-state index is 12.5. The van der Waals surface area contributed by atoms with Crippen LogP contribution in [-0.4, -0.2) is 59.0 Å². The summed E-state index contributed by atoms with van der Waals surface area (Å²) in [4.78, 5) is 39.4. The summed E-state index contributed by atoms with van der Waals surface area (Å²) < 4.78 is 6.17. The number of likely N-dealkylation sites (tertiary alicyclic amines) is 1. The van der Waals surface area contributed by atoms with Crippen molar-refractivity contribution in [3.05, 3.63) is 23.1 Å². The number of thioether (sulfide) groups is 1. The van der Waals surface area contributed by atoms with Gasteiger partial charge in [-0.15, -0.1) is 11.6 Å². The SMILES string of the molecule is COc1ccc2c(c1)SC(CCNC(=O)C(CCCl)N1CCCC1=O)[N+]2=O. The number of hydrogen-bond acceptors (Lipinski definition) is 5. The summed E-state index contributed by atoms with van der Waals surface area (Å²) in [5.74, 6) is 0.821. The summed E-state index contributed by atoms with van der Waals surface area (Å²) in [6, 6.07) is 4.83. The summed E-state index contributed by atoms with van der Waals surface area (Å²) in [5.41, 5.74) is 0.625. The summed E-state index contributed by atoms with van der Waals surface area (Å²) >= 11 is 7.29. The summed E-state index contributed by atoms with van der Waals surface area (Å²) in [5, 5.41) is 2.57. The van der Waals surface area contributed by atoms with Gasteiger partial charge in [-0.05, 0) is 30.7 Å². The van der Waals surface area contributed by atoms with Gasteiger partial charge in [-0.2, -0.15) is 0 Å². The molecule has 1 N–H and O–H groups in total. The van der Waals surface area contributed by atoms with Gasteiger partial charge >= 0.3 is 0 Å². The molecule has 0 saturated carbocycles. The number of hydrogen-bond donors (Lipinski definition) is 1. The topological polar surface area (TPSA) is 78.7 Å². The molecule has 27 heavy (non-hydrogen) atoms. The number of nitrogens with zero attached hydrogens (tertiary/aromatic N) is 2. The van der Waals surface area contributed by atoms with Crippen LogP contribution >= 0.6 is 23.4 Å². The van der Waals surface area contributed by atoms with Crippen LogP contribution in [0.15, 0.2) is 23.1 Å². The molecule has 146 valence electrons. The number of alkyl halides is 1. The van der Waals surface area contributed by atoms with E-state index in [0.717, 1.165) is 16.1 Å². The molecule has 2 aliphatic rings. The molecule has 7 nitrogen and oxygen atoms in total. The Bertz CT molecular complexity index is 745. The third kappa shape index (κ3) is 4.38. The van der Waals surface area contributed by atoms with Crippen LogP contribution in [-0.2, 0) is 9.59 Å². The molecule has 0 bridgehead atoms. The Morgan fingerprint density at radius 2 is 2.33 bits per heavy atom. The Hall–Kier alpha value is -1.80. The van der Waals surface area contributed by atoms with E-state index in [2.05, 4.69) is 5.32 Å². The van der Waals surface area contributed by atoms with E-state index in [1.807, 2.05) is 6.07 Å². The quantitative estimate of drug-likeness (QED) is 0.524. The second kappa shape index (κ2) is 8.93. The first kappa shape index (κ1) is 19.9. The maximum Gasteiger partial charge on any atom is 0.271 e. The molecule has 1 fully saturated rings. The zero-order chi connectivity index (χ0) is 19.4. The summed E-state index contributed by atoms with van der Waals surface area (Å²) in [7, 11) is 1.59. The molecule has 3 rings (SSSR count). The minimum absolute atomic E-state index is 0.00162. The van der Waals surface area contributed by atoms with Crippen molar-refractivity contribution in [1.82, 2.24) is 10.2 Å². The minimum Gasteiger partial charge on any atom is -0.497 e. The largest absolute Gasteiger partial charge is 0.497 e. The lowest BCUT2D eigenvalue weighted by Gasteiger charge is -2.26. The highest BCUT2D eigenvalue weighted by atomic mass is 35.5. The molecule has 0 radical (unpaired) electrons. The maximum absolute atomic E-state index is 12.5. The highest BCUT2D eigenvalue weighted by Crippen LogP contribution is 2.44. The predicted octanol–water partition coefficient (Wildman–Crippen LogP) is 2.66. The van der Waals surface area contributed by atoms with Gasteiger partial charge in [-0.25, -0.2) is 0 Å². The molecule has 9 heteroatoms. The molecule has 0 spiro atoms. The molecule has 2 atom stereocenters. The van der Waals surface area contributed by atoms with Crippen LogP contribution in [0.5, 0.6) is 5.75 Å². The van der Waals surface area contributed by atoms with Crippen LogP contribution in [0.3, 0.4) is 0 Å². The van der Waals surface area contributed by atoms with Crippen LogP contribution < -0.4 is 10.1 Å². The molecule has 2 unspecified atom stereocenters. The van der Waals surface area contributed by atoms with E-state index < -0.39 is 6.04 Å². The highest BCUT2D eigenvalue weighted by molar-refractivity contribution is 8.00. The van der Waals surface area contributed by atoms with Crippen LogP contribution in [0.4, 0.5) is 5.69 Å². The smallest absolute Gasteiger partial charge is 0.271 e. The molecule has 2 amide bonds. The lowest BCUT2D eigenvalue weighted by Crippen LogP contribution is -2.48. The Labute approximate surface area is 167 Å². The molecular formula is C18H23ClN3O4S+. The average molecular weight is 413 g/mol. The van der Waals surface area contributed by atoms with Gasteiger partial charge in [0.25, 0.3) is 11.1 Å². The number of benzene rings is 1. The van der Waals surface area contributed by atoms with Crippen molar-refractivity contribution in [2.75, 3.05) is 26.1 Å². The van der Waals surface area contributed by atoms with E-state index in [9.17, 15) is 14.5 Å². The Kier molecular flexibility index (Phi) is 6.59. The highest BCUT2D eigenvalue weighted by Gasteiger charge is 2.40. The lowest BCUT2D eigenvalue weighted by atomic mass is 10.1. The first-order valence-corrected chi connectivity index (χ1v) is 10.4. The summed E-state index contributed by atoms with van der Waals surface area (Å²) in [6.07, 6.45) is 2.18. The number of rotatable bonds is 8. The molecule has 1 aromatic carbocycles. The first-order chi connectivity index (χ1) is 13.0. The van der Waals surface area contributed by atoms with Crippen LogP contribution in [0.1, 0.15) is 25.7 Å². The standard InChI is InChI=1S/C18H22ClN3O4S/c1-26-12-4-5-13-15(11-12)27-17(22(13)25)7-9-20-18(24)14(6-8-19)21-10-2-3-16(21)23/h4-5,11,14,17H,2-3,6-10H2,1H3/p+1. The fraction of sp³-hybridized carbons (Fsp3) is 0.556. The number of halogens is 1. The molecule has 1 saturated heterocycles. The fourth-order valence-electron chi connectivity index (χ4n) is 3.39. The number of ether oxygens (including phenoxy) is 1. The van der Waals surface area contributed by atoms with E-state index >= 15 is 0 Å². The molecule has 2 heterocycles. The zero-order valence-electron chi connectivity index (χ0n) is 15.2. The number of amides is 2. The van der Waals surface area contributed by atoms with Crippen molar-refractivity contribution in [1.29, 1.82) is 0 Å². The summed E-state index contributed by atoms with van der Waals surface area (Å²) in [6.45, 7) is 0.957. The third-order valence-corrected chi connectivity index (χ3v) is 6.29. The van der Waals surface area contributed by atoms with Crippen molar-refractivity contribution in [2.24, 2.45) is 0 Å². The van der Waals surface area contributed by atoms with Gasteiger partial charge in [0.15, 0.2) is 0 Å². The Morgan fingerprint density at radius 1 is 1.52 bits per heavy atom.